The summed E-state index contributed by atoms with van der Waals surface area (Å²) < 4.78 is 11.1. The summed E-state index contributed by atoms with van der Waals surface area (Å²) >= 11 is 0. The van der Waals surface area contributed by atoms with E-state index in [2.05, 4.69) is 36.5 Å². The van der Waals surface area contributed by atoms with Gasteiger partial charge in [0.1, 0.15) is 18.5 Å². The zero-order valence-corrected chi connectivity index (χ0v) is 17.8. The van der Waals surface area contributed by atoms with E-state index in [0.29, 0.717) is 18.1 Å². The van der Waals surface area contributed by atoms with Crippen LogP contribution in [0.25, 0.3) is 12.2 Å². The average Bonchev–Trinajstić information content (AvgIpc) is 3.15. The summed E-state index contributed by atoms with van der Waals surface area (Å²) in [5, 5.41) is 17.7. The van der Waals surface area contributed by atoms with E-state index in [1.54, 1.807) is 0 Å². The molecule has 0 radical (unpaired) electrons. The van der Waals surface area contributed by atoms with Gasteiger partial charge in [0, 0.05) is 23.7 Å². The van der Waals surface area contributed by atoms with Gasteiger partial charge >= 0.3 is 0 Å². The number of aliphatic hydroxyl groups is 1. The molecular formula is C25H30N2O3. The van der Waals surface area contributed by atoms with Gasteiger partial charge in [0.05, 0.1) is 5.69 Å². The van der Waals surface area contributed by atoms with Crippen molar-refractivity contribution in [2.24, 2.45) is 0 Å². The largest absolute Gasteiger partial charge is 0.490 e. The van der Waals surface area contributed by atoms with Gasteiger partial charge in [-0.15, -0.1) is 0 Å². The third kappa shape index (κ3) is 6.87. The van der Waals surface area contributed by atoms with Crippen molar-refractivity contribution in [1.29, 1.82) is 0 Å². The van der Waals surface area contributed by atoms with Gasteiger partial charge in [-0.2, -0.15) is 0 Å². The third-order valence-electron chi connectivity index (χ3n) is 4.73. The Balaban J connectivity index is 1.51. The van der Waals surface area contributed by atoms with Crippen molar-refractivity contribution in [2.75, 3.05) is 13.2 Å². The van der Waals surface area contributed by atoms with Crippen molar-refractivity contribution in [3.05, 3.63) is 83.2 Å². The van der Waals surface area contributed by atoms with Gasteiger partial charge in [-0.05, 0) is 51.0 Å². The number of hydrogen-bond acceptors (Lipinski definition) is 5. The van der Waals surface area contributed by atoms with Crippen molar-refractivity contribution < 1.29 is 14.4 Å². The number of nitrogens with zero attached hydrogens (tertiary/aromatic N) is 1. The van der Waals surface area contributed by atoms with E-state index >= 15 is 0 Å². The summed E-state index contributed by atoms with van der Waals surface area (Å²) in [5.74, 6) is 1.40. The molecule has 5 heteroatoms. The van der Waals surface area contributed by atoms with E-state index in [0.717, 1.165) is 17.7 Å². The molecule has 0 aliphatic rings. The molecule has 0 fully saturated rings. The fourth-order valence-electron chi connectivity index (χ4n) is 3.19. The smallest absolute Gasteiger partial charge is 0.159 e. The van der Waals surface area contributed by atoms with Crippen molar-refractivity contribution in [2.45, 2.75) is 38.8 Å². The maximum Gasteiger partial charge on any atom is 0.159 e. The number of rotatable bonds is 10. The first-order valence-electron chi connectivity index (χ1n) is 10.2. The van der Waals surface area contributed by atoms with E-state index in [1.807, 2.05) is 67.6 Å². The highest BCUT2D eigenvalue weighted by atomic mass is 16.5. The number of aromatic nitrogens is 1. The Morgan fingerprint density at radius 1 is 1.10 bits per heavy atom. The van der Waals surface area contributed by atoms with Crippen molar-refractivity contribution in [3.8, 4) is 5.75 Å². The molecule has 2 N–H and O–H groups in total. The predicted molar refractivity (Wildman–Crippen MR) is 120 cm³/mol. The molecule has 1 atom stereocenters. The number of ether oxygens (including phenoxy) is 1. The second kappa shape index (κ2) is 10.2. The summed E-state index contributed by atoms with van der Waals surface area (Å²) in [6.07, 6.45) is 4.04. The van der Waals surface area contributed by atoms with Gasteiger partial charge < -0.3 is 19.7 Å². The molecule has 1 unspecified atom stereocenters. The minimum absolute atomic E-state index is 0.127. The van der Waals surface area contributed by atoms with Gasteiger partial charge in [-0.3, -0.25) is 0 Å². The van der Waals surface area contributed by atoms with Gasteiger partial charge in [0.2, 0.25) is 0 Å². The molecule has 30 heavy (non-hydrogen) atoms. The van der Waals surface area contributed by atoms with Crippen LogP contribution in [0, 0.1) is 6.92 Å². The summed E-state index contributed by atoms with van der Waals surface area (Å²) in [6, 6.07) is 19.9. The molecular weight excluding hydrogens is 376 g/mol. The second-order valence-corrected chi connectivity index (χ2v) is 8.13. The predicted octanol–water partition coefficient (Wildman–Crippen LogP) is 4.50. The fraction of sp³-hybridized carbons (Fsp3) is 0.320. The summed E-state index contributed by atoms with van der Waals surface area (Å²) in [7, 11) is 0. The molecule has 2 aromatic carbocycles. The molecule has 1 aromatic heterocycles. The average molecular weight is 407 g/mol. The molecule has 1 heterocycles. The lowest BCUT2D eigenvalue weighted by molar-refractivity contribution is 0.0987. The summed E-state index contributed by atoms with van der Waals surface area (Å²) in [6.45, 7) is 6.82. The van der Waals surface area contributed by atoms with Crippen molar-refractivity contribution in [1.82, 2.24) is 10.5 Å². The number of nitrogens with one attached hydrogen (secondary N) is 1. The number of hydrogen-bond donors (Lipinski definition) is 2. The van der Waals surface area contributed by atoms with Gasteiger partial charge in [-0.1, -0.05) is 53.7 Å². The van der Waals surface area contributed by atoms with Crippen LogP contribution >= 0.6 is 0 Å². The second-order valence-electron chi connectivity index (χ2n) is 8.13. The molecule has 0 aliphatic heterocycles. The Morgan fingerprint density at radius 2 is 1.83 bits per heavy atom. The lowest BCUT2D eigenvalue weighted by atomic mass is 9.95. The lowest BCUT2D eigenvalue weighted by Crippen LogP contribution is -2.46. The lowest BCUT2D eigenvalue weighted by Gasteiger charge is -2.28. The zero-order chi connectivity index (χ0) is 21.4. The molecule has 0 saturated carbocycles. The minimum Gasteiger partial charge on any atom is -0.490 e. The maximum absolute atomic E-state index is 10.4. The maximum atomic E-state index is 10.4. The van der Waals surface area contributed by atoms with Crippen LogP contribution in [-0.4, -0.2) is 35.1 Å². The molecule has 3 rings (SSSR count). The van der Waals surface area contributed by atoms with Crippen LogP contribution < -0.4 is 10.1 Å². The minimum atomic E-state index is -0.617. The highest BCUT2D eigenvalue weighted by Crippen LogP contribution is 2.21. The fourth-order valence-corrected chi connectivity index (χ4v) is 3.19. The summed E-state index contributed by atoms with van der Waals surface area (Å²) in [5.41, 5.74) is 2.89. The Hall–Kier alpha value is -2.89. The van der Waals surface area contributed by atoms with Gasteiger partial charge in [0.25, 0.3) is 0 Å². The van der Waals surface area contributed by atoms with Gasteiger partial charge in [-0.25, -0.2) is 0 Å². The first-order chi connectivity index (χ1) is 14.4. The monoisotopic (exact) mass is 406 g/mol. The van der Waals surface area contributed by atoms with Crippen LogP contribution in [0.2, 0.25) is 0 Å². The Labute approximate surface area is 178 Å². The number of para-hydroxylation sites is 1. The van der Waals surface area contributed by atoms with E-state index in [1.165, 1.54) is 5.56 Å². The van der Waals surface area contributed by atoms with Crippen molar-refractivity contribution in [3.63, 3.8) is 0 Å². The molecule has 158 valence electrons. The first-order valence-corrected chi connectivity index (χ1v) is 10.2. The first kappa shape index (κ1) is 21.8. The Bertz CT molecular complexity index is 948. The van der Waals surface area contributed by atoms with Crippen LogP contribution in [0.5, 0.6) is 5.75 Å². The molecule has 0 aliphatic carbocycles. The third-order valence-corrected chi connectivity index (χ3v) is 4.73. The molecule has 0 saturated heterocycles. The van der Waals surface area contributed by atoms with E-state index in [4.69, 9.17) is 9.26 Å². The van der Waals surface area contributed by atoms with E-state index in [-0.39, 0.29) is 12.1 Å². The molecule has 3 aromatic rings. The van der Waals surface area contributed by atoms with Crippen LogP contribution in [0.4, 0.5) is 0 Å². The Morgan fingerprint density at radius 3 is 2.57 bits per heavy atom. The number of benzene rings is 2. The SMILES string of the molecule is Cc1cc(/C=C\c2ccccc2OCC(O)CNC(C)(C)Cc2ccccc2)on1. The molecule has 5 nitrogen and oxygen atoms in total. The number of aryl methyl sites for hydroxylation is 1. The summed E-state index contributed by atoms with van der Waals surface area (Å²) in [4.78, 5) is 0. The van der Waals surface area contributed by atoms with Crippen LogP contribution in [0.15, 0.2) is 65.2 Å². The normalized spacial score (nSPS) is 12.9. The topological polar surface area (TPSA) is 67.5 Å². The number of β-amino-alcohol motifs (C(OH)–C–C–N with tert-alkyl or cyclic N) is 1. The van der Waals surface area contributed by atoms with Crippen LogP contribution in [0.1, 0.15) is 36.4 Å². The molecule has 0 amide bonds. The number of aliphatic hydroxyl groups excluding tert-OH is 1. The zero-order valence-electron chi connectivity index (χ0n) is 17.8. The van der Waals surface area contributed by atoms with Gasteiger partial charge in [0.15, 0.2) is 5.76 Å². The molecule has 0 bridgehead atoms. The quantitative estimate of drug-likeness (QED) is 0.519. The standard InChI is InChI=1S/C25H30N2O3/c1-19-15-23(30-27-19)14-13-21-11-7-8-12-24(21)29-18-22(28)17-26-25(2,3)16-20-9-5-4-6-10-20/h4-15,22,26,28H,16-18H2,1-3H3/b14-13-. The van der Waals surface area contributed by atoms with E-state index < -0.39 is 6.10 Å². The molecule has 0 spiro atoms. The van der Waals surface area contributed by atoms with E-state index in [9.17, 15) is 5.11 Å². The van der Waals surface area contributed by atoms with Crippen LogP contribution in [-0.2, 0) is 6.42 Å². The van der Waals surface area contributed by atoms with Crippen molar-refractivity contribution >= 4 is 12.2 Å². The van der Waals surface area contributed by atoms with Crippen LogP contribution in [0.3, 0.4) is 0 Å². The highest BCUT2D eigenvalue weighted by Gasteiger charge is 2.19. The Kier molecular flexibility index (Phi) is 7.44. The highest BCUT2D eigenvalue weighted by molar-refractivity contribution is 5.70.